The second kappa shape index (κ2) is 3.44. The molecule has 0 unspecified atom stereocenters. The van der Waals surface area contributed by atoms with E-state index in [1.807, 2.05) is 0 Å². The van der Waals surface area contributed by atoms with Crippen LogP contribution in [0.15, 0.2) is 34.3 Å². The summed E-state index contributed by atoms with van der Waals surface area (Å²) in [4.78, 5) is 2.15. The summed E-state index contributed by atoms with van der Waals surface area (Å²) in [6, 6.07) is 4.69. The molecular weight excluding hydrogens is 194 g/mol. The SMILES string of the molecule is [N-]=[N+]=Nc1ccc(S([O])(=O)=O)cc1. The van der Waals surface area contributed by atoms with E-state index in [2.05, 4.69) is 10.0 Å². The molecule has 0 amide bonds. The number of hydrogen-bond acceptors (Lipinski definition) is 3. The number of hydrogen-bond donors (Lipinski definition) is 0. The third-order valence-corrected chi connectivity index (χ3v) is 2.14. The topological polar surface area (TPSA) is 103 Å². The first-order chi connectivity index (χ1) is 6.04. The van der Waals surface area contributed by atoms with Crippen molar-refractivity contribution in [1.29, 1.82) is 0 Å². The molecule has 0 bridgehead atoms. The van der Waals surface area contributed by atoms with E-state index in [0.29, 0.717) is 0 Å². The summed E-state index contributed by atoms with van der Waals surface area (Å²) in [5.41, 5.74) is 8.29. The molecule has 0 heterocycles. The maximum Gasteiger partial charge on any atom is 0.324 e. The first kappa shape index (κ1) is 9.53. The van der Waals surface area contributed by atoms with Crippen molar-refractivity contribution in [1.82, 2.24) is 0 Å². The van der Waals surface area contributed by atoms with E-state index in [0.717, 1.165) is 12.1 Å². The highest BCUT2D eigenvalue weighted by Gasteiger charge is 2.09. The van der Waals surface area contributed by atoms with Crippen LogP contribution >= 0.6 is 0 Å². The average Bonchev–Trinajstić information content (AvgIpc) is 2.04. The minimum Gasteiger partial charge on any atom is -0.192 e. The van der Waals surface area contributed by atoms with Gasteiger partial charge in [0, 0.05) is 10.6 Å². The van der Waals surface area contributed by atoms with E-state index >= 15 is 0 Å². The van der Waals surface area contributed by atoms with E-state index in [1.54, 1.807) is 0 Å². The number of azide groups is 1. The van der Waals surface area contributed by atoms with Crippen molar-refractivity contribution in [3.63, 3.8) is 0 Å². The van der Waals surface area contributed by atoms with Crippen LogP contribution in [0.5, 0.6) is 0 Å². The molecule has 0 atom stereocenters. The summed E-state index contributed by atoms with van der Waals surface area (Å²) < 4.78 is 31.3. The molecule has 1 aromatic rings. The normalized spacial score (nSPS) is 10.5. The molecule has 1 radical (unpaired) electrons. The predicted molar refractivity (Wildman–Crippen MR) is 43.1 cm³/mol. The maximum absolute atomic E-state index is 10.4. The third-order valence-electron chi connectivity index (χ3n) is 1.29. The lowest BCUT2D eigenvalue weighted by molar-refractivity contribution is 0.414. The lowest BCUT2D eigenvalue weighted by atomic mass is 10.3. The van der Waals surface area contributed by atoms with Gasteiger partial charge in [0.15, 0.2) is 0 Å². The monoisotopic (exact) mass is 198 g/mol. The molecule has 0 aliphatic heterocycles. The van der Waals surface area contributed by atoms with Crippen LogP contribution in [-0.4, -0.2) is 8.42 Å². The van der Waals surface area contributed by atoms with Gasteiger partial charge in [-0.2, -0.15) is 8.42 Å². The minimum absolute atomic E-state index is 0.259. The summed E-state index contributed by atoms with van der Waals surface area (Å²) >= 11 is 0. The smallest absolute Gasteiger partial charge is 0.192 e. The Morgan fingerprint density at radius 3 is 2.15 bits per heavy atom. The van der Waals surface area contributed by atoms with Gasteiger partial charge in [0.1, 0.15) is 0 Å². The van der Waals surface area contributed by atoms with Gasteiger partial charge in [-0.25, -0.2) is 0 Å². The molecule has 0 N–H and O–H groups in total. The lowest BCUT2D eigenvalue weighted by Crippen LogP contribution is -1.94. The van der Waals surface area contributed by atoms with E-state index in [1.165, 1.54) is 12.1 Å². The number of rotatable bonds is 2. The van der Waals surface area contributed by atoms with E-state index in [9.17, 15) is 13.0 Å². The fourth-order valence-corrected chi connectivity index (χ4v) is 1.20. The van der Waals surface area contributed by atoms with Crippen LogP contribution in [0.3, 0.4) is 0 Å². The molecule has 13 heavy (non-hydrogen) atoms. The Bertz CT molecular complexity index is 445. The van der Waals surface area contributed by atoms with Gasteiger partial charge in [-0.05, 0) is 17.7 Å². The van der Waals surface area contributed by atoms with Crippen molar-refractivity contribution in [2.45, 2.75) is 4.90 Å². The molecule has 0 spiro atoms. The quantitative estimate of drug-likeness (QED) is 0.410. The van der Waals surface area contributed by atoms with Crippen LogP contribution < -0.4 is 0 Å². The lowest BCUT2D eigenvalue weighted by Gasteiger charge is -1.94. The first-order valence-electron chi connectivity index (χ1n) is 3.15. The minimum atomic E-state index is -4.42. The summed E-state index contributed by atoms with van der Waals surface area (Å²) in [5, 5.41) is 3.21. The predicted octanol–water partition coefficient (Wildman–Crippen LogP) is 1.75. The van der Waals surface area contributed by atoms with Crippen LogP contribution in [0.2, 0.25) is 0 Å². The molecule has 0 saturated carbocycles. The molecule has 0 aliphatic carbocycles. The summed E-state index contributed by atoms with van der Waals surface area (Å²) in [7, 11) is -4.42. The van der Waals surface area contributed by atoms with Gasteiger partial charge in [0.25, 0.3) is 0 Å². The molecular formula is C6H4N3O3S. The second-order valence-electron chi connectivity index (χ2n) is 2.14. The van der Waals surface area contributed by atoms with Gasteiger partial charge in [-0.3, -0.25) is 0 Å². The highest BCUT2D eigenvalue weighted by atomic mass is 32.2. The number of nitrogens with zero attached hydrogens (tertiary/aromatic N) is 3. The molecule has 67 valence electrons. The third kappa shape index (κ3) is 2.45. The van der Waals surface area contributed by atoms with Gasteiger partial charge in [0.2, 0.25) is 0 Å². The van der Waals surface area contributed by atoms with E-state index in [4.69, 9.17) is 5.53 Å². The van der Waals surface area contributed by atoms with Crippen molar-refractivity contribution in [2.75, 3.05) is 0 Å². The van der Waals surface area contributed by atoms with Crippen molar-refractivity contribution in [3.8, 4) is 0 Å². The van der Waals surface area contributed by atoms with Crippen LogP contribution in [-0.2, 0) is 14.7 Å². The zero-order valence-electron chi connectivity index (χ0n) is 6.28. The van der Waals surface area contributed by atoms with Crippen molar-refractivity contribution in [2.24, 2.45) is 5.11 Å². The summed E-state index contributed by atoms with van der Waals surface area (Å²) in [6.07, 6.45) is 0. The molecule has 6 nitrogen and oxygen atoms in total. The molecule has 1 aromatic carbocycles. The molecule has 0 aromatic heterocycles. The van der Waals surface area contributed by atoms with Gasteiger partial charge in [-0.1, -0.05) is 21.8 Å². The molecule has 0 aliphatic rings. The molecule has 0 fully saturated rings. The Morgan fingerprint density at radius 2 is 1.77 bits per heavy atom. The Hall–Kier alpha value is -1.56. The zero-order valence-corrected chi connectivity index (χ0v) is 7.10. The second-order valence-corrected chi connectivity index (χ2v) is 3.52. The van der Waals surface area contributed by atoms with Crippen LogP contribution in [0.1, 0.15) is 0 Å². The van der Waals surface area contributed by atoms with Gasteiger partial charge >= 0.3 is 10.1 Å². The van der Waals surface area contributed by atoms with Crippen molar-refractivity contribution >= 4 is 15.8 Å². The molecule has 1 rings (SSSR count). The maximum atomic E-state index is 10.4. The standard InChI is InChI=1S/C6H4N3O3S/c7-9-8-5-1-3-6(4-2-5)13(10,11)12/h1-4H. The fraction of sp³-hybridized carbons (Fsp3) is 0. The van der Waals surface area contributed by atoms with Gasteiger partial charge < -0.3 is 0 Å². The zero-order chi connectivity index (χ0) is 9.90. The summed E-state index contributed by atoms with van der Waals surface area (Å²) in [5.74, 6) is 0. The Labute approximate surface area is 74.2 Å². The first-order valence-corrected chi connectivity index (χ1v) is 4.56. The van der Waals surface area contributed by atoms with Gasteiger partial charge in [-0.15, -0.1) is 0 Å². The number of benzene rings is 1. The van der Waals surface area contributed by atoms with Gasteiger partial charge in [0.05, 0.1) is 4.90 Å². The summed E-state index contributed by atoms with van der Waals surface area (Å²) in [6.45, 7) is 0. The Morgan fingerprint density at radius 1 is 1.23 bits per heavy atom. The highest BCUT2D eigenvalue weighted by molar-refractivity contribution is 7.85. The average molecular weight is 198 g/mol. The van der Waals surface area contributed by atoms with Crippen molar-refractivity contribution in [3.05, 3.63) is 34.7 Å². The highest BCUT2D eigenvalue weighted by Crippen LogP contribution is 2.16. The van der Waals surface area contributed by atoms with E-state index < -0.39 is 10.1 Å². The van der Waals surface area contributed by atoms with Crippen molar-refractivity contribution < 1.29 is 13.0 Å². The Kier molecular flexibility index (Phi) is 2.52. The molecule has 0 saturated heterocycles. The molecule has 7 heteroatoms. The fourth-order valence-electron chi connectivity index (χ4n) is 0.731. The van der Waals surface area contributed by atoms with Crippen LogP contribution in [0.25, 0.3) is 10.4 Å². The van der Waals surface area contributed by atoms with E-state index in [-0.39, 0.29) is 10.6 Å². The van der Waals surface area contributed by atoms with Crippen LogP contribution in [0, 0.1) is 0 Å². The van der Waals surface area contributed by atoms with Crippen LogP contribution in [0.4, 0.5) is 5.69 Å². The Balaban J connectivity index is 3.15. The largest absolute Gasteiger partial charge is 0.324 e.